The van der Waals surface area contributed by atoms with Crippen LogP contribution in [-0.4, -0.2) is 17.6 Å². The zero-order valence-corrected chi connectivity index (χ0v) is 8.46. The van der Waals surface area contributed by atoms with Crippen LogP contribution in [-0.2, 0) is 0 Å². The van der Waals surface area contributed by atoms with E-state index in [4.69, 9.17) is 23.1 Å². The number of primary amides is 1. The minimum absolute atomic E-state index is 0.0302. The number of hydrogen-bond acceptors (Lipinski definition) is 2. The lowest BCUT2D eigenvalue weighted by Crippen LogP contribution is -2.13. The highest BCUT2D eigenvalue weighted by atomic mass is 35.5. The topological polar surface area (TPSA) is 81.5 Å². The monoisotopic (exact) mass is 229 g/mol. The average Bonchev–Trinajstić information content (AvgIpc) is 2.16. The zero-order valence-electron chi connectivity index (χ0n) is 7.71. The van der Waals surface area contributed by atoms with Gasteiger partial charge in [-0.15, -0.1) is 11.6 Å². The summed E-state index contributed by atoms with van der Waals surface area (Å²) in [6.45, 7) is 0. The Labute approximate surface area is 90.7 Å². The molecule has 6 heteroatoms. The molecule has 1 aromatic carbocycles. The van der Waals surface area contributed by atoms with Gasteiger partial charge in [-0.25, -0.2) is 9.38 Å². The minimum atomic E-state index is -0.726. The molecule has 80 valence electrons. The van der Waals surface area contributed by atoms with Gasteiger partial charge >= 0.3 is 0 Å². The van der Waals surface area contributed by atoms with E-state index in [0.717, 1.165) is 12.1 Å². The third-order valence-electron chi connectivity index (χ3n) is 1.58. The summed E-state index contributed by atoms with van der Waals surface area (Å²) in [6.07, 6.45) is 0. The Balaban J connectivity index is 3.15. The lowest BCUT2D eigenvalue weighted by molar-refractivity contribution is 0.1000. The Morgan fingerprint density at radius 1 is 1.40 bits per heavy atom. The number of alkyl halides is 1. The fourth-order valence-electron chi connectivity index (χ4n) is 0.977. The number of rotatable bonds is 3. The van der Waals surface area contributed by atoms with Crippen molar-refractivity contribution in [1.29, 1.82) is 0 Å². The molecule has 1 rings (SSSR count). The van der Waals surface area contributed by atoms with Crippen molar-refractivity contribution in [2.24, 2.45) is 16.5 Å². The van der Waals surface area contributed by atoms with Crippen molar-refractivity contribution in [3.05, 3.63) is 29.6 Å². The number of aliphatic imine (C=N–C) groups is 1. The van der Waals surface area contributed by atoms with Crippen LogP contribution < -0.4 is 11.5 Å². The first-order valence-corrected chi connectivity index (χ1v) is 4.56. The van der Waals surface area contributed by atoms with Crippen molar-refractivity contribution < 1.29 is 9.18 Å². The van der Waals surface area contributed by atoms with E-state index in [1.807, 2.05) is 0 Å². The lowest BCUT2D eigenvalue weighted by atomic mass is 10.2. The summed E-state index contributed by atoms with van der Waals surface area (Å²) in [5, 5.41) is 0. The number of nitrogens with two attached hydrogens (primary N) is 2. The molecule has 0 radical (unpaired) electrons. The van der Waals surface area contributed by atoms with E-state index in [1.54, 1.807) is 0 Å². The van der Waals surface area contributed by atoms with Gasteiger partial charge in [0.05, 0.1) is 11.6 Å². The van der Waals surface area contributed by atoms with E-state index >= 15 is 0 Å². The second-order valence-electron chi connectivity index (χ2n) is 2.80. The molecule has 0 spiro atoms. The van der Waals surface area contributed by atoms with E-state index in [1.165, 1.54) is 6.07 Å². The van der Waals surface area contributed by atoms with Crippen LogP contribution in [0.5, 0.6) is 0 Å². The molecule has 15 heavy (non-hydrogen) atoms. The Morgan fingerprint density at radius 2 is 2.07 bits per heavy atom. The fraction of sp³-hybridized carbons (Fsp3) is 0.111. The molecule has 0 atom stereocenters. The maximum absolute atomic E-state index is 13.0. The highest BCUT2D eigenvalue weighted by molar-refractivity contribution is 6.28. The van der Waals surface area contributed by atoms with Crippen LogP contribution in [0.3, 0.4) is 0 Å². The van der Waals surface area contributed by atoms with Crippen LogP contribution in [0, 0.1) is 5.82 Å². The molecule has 4 nitrogen and oxygen atoms in total. The molecule has 1 aromatic rings. The largest absolute Gasteiger partial charge is 0.386 e. The first-order valence-electron chi connectivity index (χ1n) is 4.02. The van der Waals surface area contributed by atoms with Crippen LogP contribution in [0.25, 0.3) is 0 Å². The zero-order chi connectivity index (χ0) is 11.4. The van der Waals surface area contributed by atoms with E-state index in [2.05, 4.69) is 4.99 Å². The molecule has 0 unspecified atom stereocenters. The van der Waals surface area contributed by atoms with E-state index < -0.39 is 11.7 Å². The van der Waals surface area contributed by atoms with Gasteiger partial charge in [0.25, 0.3) is 0 Å². The highest BCUT2D eigenvalue weighted by Gasteiger charge is 2.05. The van der Waals surface area contributed by atoms with E-state index in [-0.39, 0.29) is 23.0 Å². The second kappa shape index (κ2) is 4.75. The molecule has 0 saturated heterocycles. The Hall–Kier alpha value is -1.62. The maximum Gasteiger partial charge on any atom is 0.248 e. The standard InChI is InChI=1S/C9H9ClFN3O/c10-4-8(12)14-7-2-5(9(13)15)1-6(11)3-7/h1-3H,4H2,(H2,12,14)(H2,13,15). The van der Waals surface area contributed by atoms with Crippen molar-refractivity contribution in [3.63, 3.8) is 0 Å². The number of benzene rings is 1. The molecule has 0 fully saturated rings. The normalized spacial score (nSPS) is 11.5. The summed E-state index contributed by atoms with van der Waals surface area (Å²) in [6, 6.07) is 3.49. The van der Waals surface area contributed by atoms with Crippen LogP contribution in [0.2, 0.25) is 0 Å². The van der Waals surface area contributed by atoms with Gasteiger partial charge in [0.15, 0.2) is 0 Å². The van der Waals surface area contributed by atoms with Gasteiger partial charge in [-0.3, -0.25) is 4.79 Å². The van der Waals surface area contributed by atoms with Crippen LogP contribution >= 0.6 is 11.6 Å². The summed E-state index contributed by atoms with van der Waals surface area (Å²) < 4.78 is 13.0. The van der Waals surface area contributed by atoms with E-state index in [0.29, 0.717) is 0 Å². The SMILES string of the molecule is NC(=O)c1cc(F)cc(N=C(N)CCl)c1. The number of carbonyl (C=O) groups is 1. The van der Waals surface area contributed by atoms with Crippen LogP contribution in [0.4, 0.5) is 10.1 Å². The molecule has 0 aliphatic rings. The Kier molecular flexibility index (Phi) is 3.62. The molecular formula is C9H9ClFN3O. The molecule has 0 aliphatic carbocycles. The Bertz CT molecular complexity index is 420. The lowest BCUT2D eigenvalue weighted by Gasteiger charge is -2.00. The first-order chi connectivity index (χ1) is 7.02. The van der Waals surface area contributed by atoms with Crippen molar-refractivity contribution in [2.45, 2.75) is 0 Å². The molecule has 4 N–H and O–H groups in total. The molecule has 0 aliphatic heterocycles. The first kappa shape index (κ1) is 11.5. The number of halogens is 2. The molecular weight excluding hydrogens is 221 g/mol. The second-order valence-corrected chi connectivity index (χ2v) is 3.07. The summed E-state index contributed by atoms with van der Waals surface area (Å²) in [7, 11) is 0. The number of carbonyl (C=O) groups excluding carboxylic acids is 1. The number of hydrogen-bond donors (Lipinski definition) is 2. The number of amidine groups is 1. The van der Waals surface area contributed by atoms with Crippen molar-refractivity contribution in [2.75, 3.05) is 5.88 Å². The number of nitrogens with zero attached hydrogens (tertiary/aromatic N) is 1. The molecule has 1 amide bonds. The number of amides is 1. The molecule has 0 saturated carbocycles. The summed E-state index contributed by atoms with van der Waals surface area (Å²) >= 11 is 5.40. The quantitative estimate of drug-likeness (QED) is 0.463. The van der Waals surface area contributed by atoms with E-state index in [9.17, 15) is 9.18 Å². The van der Waals surface area contributed by atoms with Crippen molar-refractivity contribution in [3.8, 4) is 0 Å². The summed E-state index contributed by atoms with van der Waals surface area (Å²) in [5.41, 5.74) is 10.6. The highest BCUT2D eigenvalue weighted by Crippen LogP contribution is 2.16. The average molecular weight is 230 g/mol. The molecule has 0 heterocycles. The van der Waals surface area contributed by atoms with Crippen molar-refractivity contribution >= 4 is 29.0 Å². The van der Waals surface area contributed by atoms with Gasteiger partial charge in [-0.1, -0.05) is 0 Å². The maximum atomic E-state index is 13.0. The fourth-order valence-corrected chi connectivity index (χ4v) is 1.04. The van der Waals surface area contributed by atoms with Crippen LogP contribution in [0.1, 0.15) is 10.4 Å². The van der Waals surface area contributed by atoms with Gasteiger partial charge in [0, 0.05) is 5.56 Å². The van der Waals surface area contributed by atoms with Gasteiger partial charge in [0.1, 0.15) is 11.7 Å². The molecule has 0 bridgehead atoms. The predicted molar refractivity (Wildman–Crippen MR) is 56.9 cm³/mol. The van der Waals surface area contributed by atoms with Crippen LogP contribution in [0.15, 0.2) is 23.2 Å². The van der Waals surface area contributed by atoms with Crippen molar-refractivity contribution in [1.82, 2.24) is 0 Å². The third-order valence-corrected chi connectivity index (χ3v) is 1.85. The minimum Gasteiger partial charge on any atom is -0.386 e. The molecule has 0 aromatic heterocycles. The third kappa shape index (κ3) is 3.21. The predicted octanol–water partition coefficient (Wildman–Crippen LogP) is 1.15. The van der Waals surface area contributed by atoms with Gasteiger partial charge in [-0.05, 0) is 18.2 Å². The van der Waals surface area contributed by atoms with Gasteiger partial charge < -0.3 is 11.5 Å². The summed E-state index contributed by atoms with van der Waals surface area (Å²) in [4.78, 5) is 14.6. The van der Waals surface area contributed by atoms with Gasteiger partial charge in [-0.2, -0.15) is 0 Å². The van der Waals surface area contributed by atoms with Gasteiger partial charge in [0.2, 0.25) is 5.91 Å². The summed E-state index contributed by atoms with van der Waals surface area (Å²) in [5.74, 6) is -1.16. The Morgan fingerprint density at radius 3 is 2.60 bits per heavy atom. The smallest absolute Gasteiger partial charge is 0.248 e.